The van der Waals surface area contributed by atoms with Crippen LogP contribution in [0, 0.1) is 11.3 Å². The van der Waals surface area contributed by atoms with Crippen LogP contribution in [0.1, 0.15) is 12.0 Å². The average Bonchev–Trinajstić information content (AvgIpc) is 2.28. The molecule has 1 rings (SSSR count). The summed E-state index contributed by atoms with van der Waals surface area (Å²) in [6.07, 6.45) is 2.71. The van der Waals surface area contributed by atoms with Gasteiger partial charge in [-0.15, -0.1) is 0 Å². The van der Waals surface area contributed by atoms with Crippen molar-refractivity contribution in [3.05, 3.63) is 23.9 Å². The van der Waals surface area contributed by atoms with Gasteiger partial charge in [-0.2, -0.15) is 5.26 Å². The maximum atomic E-state index is 8.66. The Morgan fingerprint density at radius 3 is 2.50 bits per heavy atom. The van der Waals surface area contributed by atoms with Gasteiger partial charge < -0.3 is 9.80 Å². The van der Waals surface area contributed by atoms with E-state index in [2.05, 4.69) is 34.9 Å². The van der Waals surface area contributed by atoms with Gasteiger partial charge in [-0.1, -0.05) is 0 Å². The molecule has 4 heteroatoms. The van der Waals surface area contributed by atoms with Gasteiger partial charge in [0.05, 0.1) is 5.56 Å². The first-order valence-electron chi connectivity index (χ1n) is 5.35. The zero-order valence-corrected chi connectivity index (χ0v) is 10.1. The van der Waals surface area contributed by atoms with E-state index in [0.717, 1.165) is 25.3 Å². The SMILES string of the molecule is CN(C)CCCN(C)c1ccc(C#N)cn1. The molecule has 1 aromatic heterocycles. The summed E-state index contributed by atoms with van der Waals surface area (Å²) in [6, 6.07) is 5.74. The van der Waals surface area contributed by atoms with E-state index >= 15 is 0 Å². The summed E-state index contributed by atoms with van der Waals surface area (Å²) in [6.45, 7) is 2.04. The van der Waals surface area contributed by atoms with E-state index in [1.54, 1.807) is 12.3 Å². The molecule has 0 spiro atoms. The standard InChI is InChI=1S/C12H18N4/c1-15(2)7-4-8-16(3)12-6-5-11(9-13)10-14-12/h5-6,10H,4,7-8H2,1-3H3. The topological polar surface area (TPSA) is 43.2 Å². The summed E-state index contributed by atoms with van der Waals surface area (Å²) in [4.78, 5) is 8.51. The number of nitriles is 1. The number of hydrogen-bond donors (Lipinski definition) is 0. The number of rotatable bonds is 5. The van der Waals surface area contributed by atoms with Gasteiger partial charge in [0.2, 0.25) is 0 Å². The molecular weight excluding hydrogens is 200 g/mol. The van der Waals surface area contributed by atoms with Crippen LogP contribution in [0.3, 0.4) is 0 Å². The normalized spacial score (nSPS) is 10.2. The van der Waals surface area contributed by atoms with Gasteiger partial charge >= 0.3 is 0 Å². The first-order chi connectivity index (χ1) is 7.63. The fourth-order valence-corrected chi connectivity index (χ4v) is 1.42. The molecule has 0 unspecified atom stereocenters. The summed E-state index contributed by atoms with van der Waals surface area (Å²) in [7, 11) is 6.16. The molecule has 0 aliphatic rings. The van der Waals surface area contributed by atoms with Crippen molar-refractivity contribution in [3.63, 3.8) is 0 Å². The third-order valence-electron chi connectivity index (χ3n) is 2.37. The Balaban J connectivity index is 2.47. The number of anilines is 1. The van der Waals surface area contributed by atoms with Crippen molar-refractivity contribution in [1.29, 1.82) is 5.26 Å². The number of aromatic nitrogens is 1. The summed E-state index contributed by atoms with van der Waals surface area (Å²) in [5, 5.41) is 8.66. The van der Waals surface area contributed by atoms with Gasteiger partial charge in [0.25, 0.3) is 0 Å². The zero-order valence-electron chi connectivity index (χ0n) is 10.1. The summed E-state index contributed by atoms with van der Waals surface area (Å²) in [5.41, 5.74) is 0.602. The van der Waals surface area contributed by atoms with E-state index < -0.39 is 0 Å². The Kier molecular flexibility index (Phi) is 4.74. The molecule has 0 aliphatic heterocycles. The lowest BCUT2D eigenvalue weighted by Gasteiger charge is -2.19. The largest absolute Gasteiger partial charge is 0.360 e. The molecule has 1 heterocycles. The quantitative estimate of drug-likeness (QED) is 0.748. The average molecular weight is 218 g/mol. The second-order valence-corrected chi connectivity index (χ2v) is 4.10. The molecule has 0 aliphatic carbocycles. The maximum absolute atomic E-state index is 8.66. The van der Waals surface area contributed by atoms with Crippen molar-refractivity contribution < 1.29 is 0 Å². The highest BCUT2D eigenvalue weighted by Crippen LogP contribution is 2.09. The predicted octanol–water partition coefficient (Wildman–Crippen LogP) is 1.34. The van der Waals surface area contributed by atoms with Gasteiger partial charge in [0, 0.05) is 19.8 Å². The molecule has 86 valence electrons. The molecular formula is C12H18N4. The minimum atomic E-state index is 0.602. The number of hydrogen-bond acceptors (Lipinski definition) is 4. The minimum Gasteiger partial charge on any atom is -0.360 e. The van der Waals surface area contributed by atoms with Gasteiger partial charge in [0.15, 0.2) is 0 Å². The second kappa shape index (κ2) is 6.09. The Bertz CT molecular complexity index is 350. The number of nitrogens with zero attached hydrogens (tertiary/aromatic N) is 4. The highest BCUT2D eigenvalue weighted by molar-refractivity contribution is 5.40. The lowest BCUT2D eigenvalue weighted by Crippen LogP contribution is -2.23. The van der Waals surface area contributed by atoms with Gasteiger partial charge in [0.1, 0.15) is 11.9 Å². The van der Waals surface area contributed by atoms with Gasteiger partial charge in [-0.05, 0) is 39.2 Å². The molecule has 0 amide bonds. The van der Waals surface area contributed by atoms with Crippen LogP contribution in [-0.4, -0.2) is 44.1 Å². The molecule has 1 aromatic rings. The Hall–Kier alpha value is -1.60. The van der Waals surface area contributed by atoms with Crippen LogP contribution in [0.15, 0.2) is 18.3 Å². The molecule has 0 N–H and O–H groups in total. The van der Waals surface area contributed by atoms with Crippen LogP contribution in [0.5, 0.6) is 0 Å². The lowest BCUT2D eigenvalue weighted by atomic mass is 10.3. The van der Waals surface area contributed by atoms with Crippen LogP contribution in [-0.2, 0) is 0 Å². The van der Waals surface area contributed by atoms with Crippen molar-refractivity contribution in [2.45, 2.75) is 6.42 Å². The highest BCUT2D eigenvalue weighted by Gasteiger charge is 2.02. The van der Waals surface area contributed by atoms with Crippen molar-refractivity contribution >= 4 is 5.82 Å². The van der Waals surface area contributed by atoms with Crippen LogP contribution in [0.25, 0.3) is 0 Å². The summed E-state index contributed by atoms with van der Waals surface area (Å²) < 4.78 is 0. The van der Waals surface area contributed by atoms with Gasteiger partial charge in [-0.25, -0.2) is 4.98 Å². The van der Waals surface area contributed by atoms with Crippen LogP contribution < -0.4 is 4.90 Å². The minimum absolute atomic E-state index is 0.602. The molecule has 0 bridgehead atoms. The van der Waals surface area contributed by atoms with Crippen molar-refractivity contribution in [3.8, 4) is 6.07 Å². The molecule has 0 saturated carbocycles. The van der Waals surface area contributed by atoms with Crippen molar-refractivity contribution in [2.24, 2.45) is 0 Å². The Morgan fingerprint density at radius 2 is 2.00 bits per heavy atom. The molecule has 0 aromatic carbocycles. The van der Waals surface area contributed by atoms with E-state index in [4.69, 9.17) is 5.26 Å². The fourth-order valence-electron chi connectivity index (χ4n) is 1.42. The molecule has 0 atom stereocenters. The van der Waals surface area contributed by atoms with E-state index in [-0.39, 0.29) is 0 Å². The van der Waals surface area contributed by atoms with Crippen LogP contribution in [0.4, 0.5) is 5.82 Å². The predicted molar refractivity (Wildman–Crippen MR) is 65.4 cm³/mol. The van der Waals surface area contributed by atoms with Crippen molar-refractivity contribution in [1.82, 2.24) is 9.88 Å². The van der Waals surface area contributed by atoms with E-state index in [1.165, 1.54) is 0 Å². The fraction of sp³-hybridized carbons (Fsp3) is 0.500. The number of pyridine rings is 1. The lowest BCUT2D eigenvalue weighted by molar-refractivity contribution is 0.401. The van der Waals surface area contributed by atoms with E-state index in [9.17, 15) is 0 Å². The molecule has 4 nitrogen and oxygen atoms in total. The third kappa shape index (κ3) is 3.87. The van der Waals surface area contributed by atoms with Crippen LogP contribution in [0.2, 0.25) is 0 Å². The molecule has 0 saturated heterocycles. The Morgan fingerprint density at radius 1 is 1.25 bits per heavy atom. The van der Waals surface area contributed by atoms with Crippen molar-refractivity contribution in [2.75, 3.05) is 39.1 Å². The third-order valence-corrected chi connectivity index (χ3v) is 2.37. The van der Waals surface area contributed by atoms with Gasteiger partial charge in [-0.3, -0.25) is 0 Å². The maximum Gasteiger partial charge on any atom is 0.128 e. The smallest absolute Gasteiger partial charge is 0.128 e. The molecule has 16 heavy (non-hydrogen) atoms. The van der Waals surface area contributed by atoms with E-state index in [0.29, 0.717) is 5.56 Å². The molecule has 0 radical (unpaired) electrons. The highest BCUT2D eigenvalue weighted by atomic mass is 15.2. The summed E-state index contributed by atoms with van der Waals surface area (Å²) >= 11 is 0. The first kappa shape index (κ1) is 12.5. The molecule has 0 fully saturated rings. The van der Waals surface area contributed by atoms with E-state index in [1.807, 2.05) is 13.1 Å². The Labute approximate surface area is 97.1 Å². The second-order valence-electron chi connectivity index (χ2n) is 4.10. The monoisotopic (exact) mass is 218 g/mol. The zero-order chi connectivity index (χ0) is 12.0. The summed E-state index contributed by atoms with van der Waals surface area (Å²) in [5.74, 6) is 0.915. The first-order valence-corrected chi connectivity index (χ1v) is 5.35. The van der Waals surface area contributed by atoms with Crippen LogP contribution >= 0.6 is 0 Å².